The van der Waals surface area contributed by atoms with Gasteiger partial charge in [0, 0.05) is 30.9 Å². The number of rotatable bonds is 4. The van der Waals surface area contributed by atoms with E-state index in [0.717, 1.165) is 22.5 Å². The van der Waals surface area contributed by atoms with E-state index in [2.05, 4.69) is 42.5 Å². The smallest absolute Gasteiger partial charge is 0.251 e. The van der Waals surface area contributed by atoms with Crippen LogP contribution in [0.2, 0.25) is 0 Å². The minimum atomic E-state index is -0.156. The normalized spacial score (nSPS) is 15.8. The van der Waals surface area contributed by atoms with Gasteiger partial charge in [0.25, 0.3) is 5.91 Å². The van der Waals surface area contributed by atoms with E-state index in [0.29, 0.717) is 17.7 Å². The van der Waals surface area contributed by atoms with Crippen molar-refractivity contribution in [2.45, 2.75) is 32.7 Å². The molecule has 0 unspecified atom stereocenters. The zero-order valence-electron chi connectivity index (χ0n) is 17.8. The van der Waals surface area contributed by atoms with Crippen molar-refractivity contribution in [3.05, 3.63) is 88.1 Å². The second-order valence-corrected chi connectivity index (χ2v) is 8.19. The highest BCUT2D eigenvalue weighted by molar-refractivity contribution is 6.07. The molecule has 0 bridgehead atoms. The van der Waals surface area contributed by atoms with Gasteiger partial charge in [-0.05, 0) is 52.5 Å². The third-order valence-electron chi connectivity index (χ3n) is 5.01. The highest BCUT2D eigenvalue weighted by atomic mass is 16.1. The van der Waals surface area contributed by atoms with E-state index in [1.54, 1.807) is 7.05 Å². The number of aliphatic imine (C=N–C) groups is 1. The average molecular weight is 399 g/mol. The first-order chi connectivity index (χ1) is 14.3. The van der Waals surface area contributed by atoms with E-state index in [1.807, 2.05) is 60.8 Å². The summed E-state index contributed by atoms with van der Waals surface area (Å²) < 4.78 is 0. The van der Waals surface area contributed by atoms with Gasteiger partial charge in [-0.15, -0.1) is 0 Å². The number of nitriles is 1. The summed E-state index contributed by atoms with van der Waals surface area (Å²) in [4.78, 5) is 16.7. The monoisotopic (exact) mass is 398 g/mol. The van der Waals surface area contributed by atoms with Crippen molar-refractivity contribution in [1.82, 2.24) is 10.6 Å². The van der Waals surface area contributed by atoms with Crippen LogP contribution in [0.25, 0.3) is 6.08 Å². The van der Waals surface area contributed by atoms with Crippen LogP contribution in [0.3, 0.4) is 0 Å². The summed E-state index contributed by atoms with van der Waals surface area (Å²) in [5.74, 6) is 0.638. The summed E-state index contributed by atoms with van der Waals surface area (Å²) in [5.41, 5.74) is 5.02. The fourth-order valence-electron chi connectivity index (χ4n) is 3.20. The van der Waals surface area contributed by atoms with Crippen molar-refractivity contribution < 1.29 is 4.79 Å². The zero-order valence-corrected chi connectivity index (χ0v) is 17.8. The zero-order chi connectivity index (χ0) is 21.7. The Morgan fingerprint density at radius 3 is 2.57 bits per heavy atom. The van der Waals surface area contributed by atoms with Gasteiger partial charge in [0.1, 0.15) is 5.84 Å². The topological polar surface area (TPSA) is 77.3 Å². The molecule has 0 aliphatic carbocycles. The van der Waals surface area contributed by atoms with E-state index >= 15 is 0 Å². The van der Waals surface area contributed by atoms with Gasteiger partial charge in [-0.25, -0.2) is 0 Å². The SMILES string of the molecule is CN=C1NC=C/C1=C\c1ccc(CNC(=O)c2ccc(C(C)(C)C)cc2)c(C#N)c1. The second kappa shape index (κ2) is 8.79. The first-order valence-electron chi connectivity index (χ1n) is 9.85. The quantitative estimate of drug-likeness (QED) is 0.805. The highest BCUT2D eigenvalue weighted by Crippen LogP contribution is 2.22. The van der Waals surface area contributed by atoms with Gasteiger partial charge in [-0.2, -0.15) is 5.26 Å². The van der Waals surface area contributed by atoms with Crippen molar-refractivity contribution in [2.24, 2.45) is 4.99 Å². The van der Waals surface area contributed by atoms with E-state index in [-0.39, 0.29) is 11.3 Å². The molecule has 0 fully saturated rings. The molecule has 0 spiro atoms. The lowest BCUT2D eigenvalue weighted by Crippen LogP contribution is -2.23. The standard InChI is InChI=1S/C25H26N4O/c1-25(2,3)22-9-7-18(8-10-22)24(30)29-16-20-6-5-17(14-21(20)15-26)13-19-11-12-28-23(19)27-4/h5-14H,16H2,1-4H3,(H,27,28)(H,29,30)/b19-13+. The van der Waals surface area contributed by atoms with Gasteiger partial charge in [-0.3, -0.25) is 9.79 Å². The van der Waals surface area contributed by atoms with Crippen LogP contribution in [0.1, 0.15) is 53.4 Å². The Bertz CT molecular complexity index is 1080. The van der Waals surface area contributed by atoms with Crippen LogP contribution < -0.4 is 10.6 Å². The van der Waals surface area contributed by atoms with E-state index in [9.17, 15) is 10.1 Å². The van der Waals surface area contributed by atoms with Gasteiger partial charge < -0.3 is 10.6 Å². The number of carbonyl (C=O) groups excluding carboxylic acids is 1. The van der Waals surface area contributed by atoms with Crippen LogP contribution in [0.5, 0.6) is 0 Å². The highest BCUT2D eigenvalue weighted by Gasteiger charge is 2.15. The molecule has 2 aromatic rings. The number of hydrogen-bond acceptors (Lipinski definition) is 3. The summed E-state index contributed by atoms with van der Waals surface area (Å²) in [5, 5.41) is 15.5. The van der Waals surface area contributed by atoms with Crippen LogP contribution >= 0.6 is 0 Å². The number of nitrogens with zero attached hydrogens (tertiary/aromatic N) is 2. The minimum Gasteiger partial charge on any atom is -0.348 e. The third kappa shape index (κ3) is 4.84. The Kier molecular flexibility index (Phi) is 6.17. The molecule has 0 atom stereocenters. The molecule has 5 nitrogen and oxygen atoms in total. The van der Waals surface area contributed by atoms with E-state index in [4.69, 9.17) is 0 Å². The van der Waals surface area contributed by atoms with Crippen LogP contribution in [0.15, 0.2) is 65.3 Å². The predicted octanol–water partition coefficient (Wildman–Crippen LogP) is 4.31. The molecule has 0 saturated carbocycles. The van der Waals surface area contributed by atoms with Crippen molar-refractivity contribution in [2.75, 3.05) is 7.05 Å². The maximum Gasteiger partial charge on any atom is 0.251 e. The molecule has 2 aromatic carbocycles. The summed E-state index contributed by atoms with van der Waals surface area (Å²) in [6, 6.07) is 15.5. The maximum absolute atomic E-state index is 12.5. The largest absolute Gasteiger partial charge is 0.348 e. The summed E-state index contributed by atoms with van der Waals surface area (Å²) in [6.45, 7) is 6.71. The molecular weight excluding hydrogens is 372 g/mol. The van der Waals surface area contributed by atoms with Gasteiger partial charge >= 0.3 is 0 Å². The van der Waals surface area contributed by atoms with E-state index in [1.165, 1.54) is 5.56 Å². The number of benzene rings is 2. The van der Waals surface area contributed by atoms with Gasteiger partial charge in [0.05, 0.1) is 11.6 Å². The Balaban J connectivity index is 1.71. The molecule has 3 rings (SSSR count). The van der Waals surface area contributed by atoms with Crippen molar-refractivity contribution in [1.29, 1.82) is 5.26 Å². The molecule has 0 aromatic heterocycles. The predicted molar refractivity (Wildman–Crippen MR) is 121 cm³/mol. The van der Waals surface area contributed by atoms with Crippen LogP contribution in [0, 0.1) is 11.3 Å². The molecule has 1 amide bonds. The number of amidine groups is 1. The summed E-state index contributed by atoms with van der Waals surface area (Å²) in [6.07, 6.45) is 5.74. The summed E-state index contributed by atoms with van der Waals surface area (Å²) in [7, 11) is 1.73. The molecule has 2 N–H and O–H groups in total. The molecule has 152 valence electrons. The lowest BCUT2D eigenvalue weighted by molar-refractivity contribution is 0.0951. The molecule has 30 heavy (non-hydrogen) atoms. The molecule has 0 radical (unpaired) electrons. The Labute approximate surface area is 177 Å². The van der Waals surface area contributed by atoms with Crippen molar-refractivity contribution in [3.63, 3.8) is 0 Å². The summed E-state index contributed by atoms with van der Waals surface area (Å²) >= 11 is 0. The average Bonchev–Trinajstić information content (AvgIpc) is 3.19. The van der Waals surface area contributed by atoms with Gasteiger partial charge in [0.15, 0.2) is 0 Å². The fraction of sp³-hybridized carbons (Fsp3) is 0.240. The van der Waals surface area contributed by atoms with Crippen LogP contribution in [-0.2, 0) is 12.0 Å². The molecule has 1 heterocycles. The van der Waals surface area contributed by atoms with Gasteiger partial charge in [0.2, 0.25) is 0 Å². The molecule has 1 aliphatic rings. The van der Waals surface area contributed by atoms with Crippen LogP contribution in [-0.4, -0.2) is 18.8 Å². The first-order valence-corrected chi connectivity index (χ1v) is 9.85. The molecule has 0 saturated heterocycles. The Morgan fingerprint density at radius 2 is 1.93 bits per heavy atom. The van der Waals surface area contributed by atoms with E-state index < -0.39 is 0 Å². The van der Waals surface area contributed by atoms with Crippen molar-refractivity contribution >= 4 is 17.8 Å². The third-order valence-corrected chi connectivity index (χ3v) is 5.01. The minimum absolute atomic E-state index is 0.0435. The first kappa shape index (κ1) is 21.1. The number of hydrogen-bond donors (Lipinski definition) is 2. The number of amides is 1. The van der Waals surface area contributed by atoms with Crippen LogP contribution in [0.4, 0.5) is 0 Å². The molecule has 1 aliphatic heterocycles. The molecule has 5 heteroatoms. The maximum atomic E-state index is 12.5. The van der Waals surface area contributed by atoms with Gasteiger partial charge in [-0.1, -0.05) is 45.0 Å². The number of nitrogens with one attached hydrogen (secondary N) is 2. The van der Waals surface area contributed by atoms with Crippen molar-refractivity contribution in [3.8, 4) is 6.07 Å². The number of carbonyl (C=O) groups is 1. The fourth-order valence-corrected chi connectivity index (χ4v) is 3.20. The lowest BCUT2D eigenvalue weighted by Gasteiger charge is -2.19. The molecular formula is C25H26N4O. The second-order valence-electron chi connectivity index (χ2n) is 8.19. The Hall–Kier alpha value is -3.65. The Morgan fingerprint density at radius 1 is 1.20 bits per heavy atom. The lowest BCUT2D eigenvalue weighted by atomic mass is 9.87.